The summed E-state index contributed by atoms with van der Waals surface area (Å²) in [6.45, 7) is 0.632. The lowest BCUT2D eigenvalue weighted by Crippen LogP contribution is -2.31. The van der Waals surface area contributed by atoms with Gasteiger partial charge in [0.25, 0.3) is 5.91 Å². The summed E-state index contributed by atoms with van der Waals surface area (Å²) in [5, 5.41) is 18.1. The molecule has 0 bridgehead atoms. The third kappa shape index (κ3) is 4.18. The van der Waals surface area contributed by atoms with Crippen molar-refractivity contribution in [3.8, 4) is 0 Å². The molecule has 108 valence electrons. The van der Waals surface area contributed by atoms with E-state index in [9.17, 15) is 4.79 Å². The molecule has 0 fully saturated rings. The summed E-state index contributed by atoms with van der Waals surface area (Å²) in [4.78, 5) is 13.9. The Morgan fingerprint density at radius 3 is 2.24 bits per heavy atom. The van der Waals surface area contributed by atoms with Gasteiger partial charge in [0.15, 0.2) is 0 Å². The number of likely N-dealkylation sites (N-methyl/N-ethyl adjacent to an activating group) is 1. The van der Waals surface area contributed by atoms with Crippen LogP contribution in [0, 0.1) is 0 Å². The summed E-state index contributed by atoms with van der Waals surface area (Å²) in [7, 11) is 0.255. The molecule has 5 heteroatoms. The largest absolute Gasteiger partial charge is 0.488 e. The van der Waals surface area contributed by atoms with Gasteiger partial charge in [-0.2, -0.15) is 0 Å². The number of hydrogen-bond donors (Lipinski definition) is 2. The summed E-state index contributed by atoms with van der Waals surface area (Å²) in [6, 6.07) is 16.3. The molecule has 0 spiro atoms. The van der Waals surface area contributed by atoms with Crippen molar-refractivity contribution in [2.45, 2.75) is 6.42 Å². The first kappa shape index (κ1) is 15.3. The second-order valence-electron chi connectivity index (χ2n) is 4.96. The number of rotatable bonds is 5. The average Bonchev–Trinajstić information content (AvgIpc) is 2.53. The van der Waals surface area contributed by atoms with E-state index in [4.69, 9.17) is 10.0 Å². The molecule has 0 atom stereocenters. The highest BCUT2D eigenvalue weighted by molar-refractivity contribution is 6.58. The van der Waals surface area contributed by atoms with Crippen molar-refractivity contribution in [1.82, 2.24) is 4.90 Å². The molecule has 2 aromatic carbocycles. The molecule has 0 saturated heterocycles. The Morgan fingerprint density at radius 1 is 1.05 bits per heavy atom. The lowest BCUT2D eigenvalue weighted by molar-refractivity contribution is 0.0796. The summed E-state index contributed by atoms with van der Waals surface area (Å²) in [6.07, 6.45) is 0.802. The Balaban J connectivity index is 1.95. The molecule has 4 nitrogen and oxygen atoms in total. The zero-order chi connectivity index (χ0) is 15.2. The van der Waals surface area contributed by atoms with Crippen LogP contribution in [0.4, 0.5) is 0 Å². The Morgan fingerprint density at radius 2 is 1.67 bits per heavy atom. The first-order valence-corrected chi connectivity index (χ1v) is 6.83. The number of benzene rings is 2. The number of carbonyl (C=O) groups is 1. The van der Waals surface area contributed by atoms with Crippen molar-refractivity contribution >= 4 is 18.5 Å². The van der Waals surface area contributed by atoms with Crippen LogP contribution in [0.15, 0.2) is 54.6 Å². The molecule has 2 rings (SSSR count). The lowest BCUT2D eigenvalue weighted by atomic mass is 9.80. The molecular weight excluding hydrogens is 265 g/mol. The van der Waals surface area contributed by atoms with Gasteiger partial charge in [0.1, 0.15) is 0 Å². The highest BCUT2D eigenvalue weighted by Crippen LogP contribution is 2.05. The Bertz CT molecular complexity index is 584. The van der Waals surface area contributed by atoms with Gasteiger partial charge in [-0.3, -0.25) is 4.79 Å². The van der Waals surface area contributed by atoms with Crippen molar-refractivity contribution in [2.24, 2.45) is 0 Å². The maximum absolute atomic E-state index is 12.2. The number of nitrogens with zero attached hydrogens (tertiary/aromatic N) is 1. The molecule has 0 aromatic heterocycles. The normalized spacial score (nSPS) is 10.2. The van der Waals surface area contributed by atoms with Gasteiger partial charge in [-0.1, -0.05) is 42.5 Å². The van der Waals surface area contributed by atoms with E-state index in [-0.39, 0.29) is 5.91 Å². The molecule has 0 heterocycles. The minimum absolute atomic E-state index is 0.0788. The van der Waals surface area contributed by atoms with Gasteiger partial charge in [-0.05, 0) is 29.6 Å². The van der Waals surface area contributed by atoms with E-state index in [0.29, 0.717) is 17.6 Å². The minimum Gasteiger partial charge on any atom is -0.423 e. The lowest BCUT2D eigenvalue weighted by Gasteiger charge is -2.17. The van der Waals surface area contributed by atoms with E-state index in [1.807, 2.05) is 30.3 Å². The summed E-state index contributed by atoms with van der Waals surface area (Å²) in [5.41, 5.74) is 2.10. The fraction of sp³-hybridized carbons (Fsp3) is 0.188. The molecule has 1 amide bonds. The second-order valence-corrected chi connectivity index (χ2v) is 4.96. The van der Waals surface area contributed by atoms with Crippen molar-refractivity contribution in [3.05, 3.63) is 65.7 Å². The van der Waals surface area contributed by atoms with Gasteiger partial charge < -0.3 is 14.9 Å². The van der Waals surface area contributed by atoms with Crippen LogP contribution in [0.1, 0.15) is 15.9 Å². The number of carbonyl (C=O) groups excluding carboxylic acids is 1. The van der Waals surface area contributed by atoms with Gasteiger partial charge in [0.2, 0.25) is 0 Å². The fourth-order valence-electron chi connectivity index (χ4n) is 2.06. The van der Waals surface area contributed by atoms with Crippen molar-refractivity contribution in [1.29, 1.82) is 0 Å². The Labute approximate surface area is 124 Å². The standard InChI is InChI=1S/C16H18BNO3/c1-18(12-11-13-5-3-2-4-6-13)16(19)14-7-9-15(10-8-14)17(20)21/h2-10,20-21H,11-12H2,1H3. The van der Waals surface area contributed by atoms with E-state index in [1.54, 1.807) is 36.2 Å². The van der Waals surface area contributed by atoms with Crippen LogP contribution in [0.25, 0.3) is 0 Å². The predicted molar refractivity (Wildman–Crippen MR) is 83.4 cm³/mol. The van der Waals surface area contributed by atoms with Gasteiger partial charge in [0.05, 0.1) is 0 Å². The van der Waals surface area contributed by atoms with Gasteiger partial charge in [-0.25, -0.2) is 0 Å². The van der Waals surface area contributed by atoms with E-state index in [0.717, 1.165) is 6.42 Å². The van der Waals surface area contributed by atoms with E-state index in [2.05, 4.69) is 0 Å². The molecule has 0 aliphatic heterocycles. The van der Waals surface area contributed by atoms with E-state index >= 15 is 0 Å². The molecule has 0 aliphatic rings. The predicted octanol–water partition coefficient (Wildman–Crippen LogP) is 0.681. The smallest absolute Gasteiger partial charge is 0.423 e. The third-order valence-electron chi connectivity index (χ3n) is 3.38. The van der Waals surface area contributed by atoms with Crippen molar-refractivity contribution in [2.75, 3.05) is 13.6 Å². The van der Waals surface area contributed by atoms with Crippen LogP contribution >= 0.6 is 0 Å². The van der Waals surface area contributed by atoms with Crippen LogP contribution in [0.3, 0.4) is 0 Å². The van der Waals surface area contributed by atoms with Gasteiger partial charge in [-0.15, -0.1) is 0 Å². The molecule has 0 radical (unpaired) electrons. The van der Waals surface area contributed by atoms with Crippen LogP contribution in [-0.2, 0) is 6.42 Å². The monoisotopic (exact) mass is 283 g/mol. The molecule has 0 unspecified atom stereocenters. The van der Waals surface area contributed by atoms with Crippen LogP contribution < -0.4 is 5.46 Å². The summed E-state index contributed by atoms with van der Waals surface area (Å²) in [5.74, 6) is -0.0788. The summed E-state index contributed by atoms with van der Waals surface area (Å²) < 4.78 is 0. The Hall–Kier alpha value is -2.11. The van der Waals surface area contributed by atoms with Crippen LogP contribution in [0.2, 0.25) is 0 Å². The van der Waals surface area contributed by atoms with Crippen LogP contribution in [-0.4, -0.2) is 41.6 Å². The molecule has 0 aliphatic carbocycles. The van der Waals surface area contributed by atoms with Crippen LogP contribution in [0.5, 0.6) is 0 Å². The van der Waals surface area contributed by atoms with Crippen molar-refractivity contribution < 1.29 is 14.8 Å². The maximum atomic E-state index is 12.2. The average molecular weight is 283 g/mol. The zero-order valence-corrected chi connectivity index (χ0v) is 11.9. The van der Waals surface area contributed by atoms with E-state index in [1.165, 1.54) is 5.56 Å². The number of amides is 1. The van der Waals surface area contributed by atoms with Gasteiger partial charge in [0, 0.05) is 19.2 Å². The zero-order valence-electron chi connectivity index (χ0n) is 11.9. The minimum atomic E-state index is -1.51. The van der Waals surface area contributed by atoms with Crippen molar-refractivity contribution in [3.63, 3.8) is 0 Å². The SMILES string of the molecule is CN(CCc1ccccc1)C(=O)c1ccc(B(O)O)cc1. The topological polar surface area (TPSA) is 60.8 Å². The molecule has 21 heavy (non-hydrogen) atoms. The number of hydrogen-bond acceptors (Lipinski definition) is 3. The third-order valence-corrected chi connectivity index (χ3v) is 3.38. The fourth-order valence-corrected chi connectivity index (χ4v) is 2.06. The highest BCUT2D eigenvalue weighted by Gasteiger charge is 2.14. The second kappa shape index (κ2) is 7.06. The van der Waals surface area contributed by atoms with Gasteiger partial charge >= 0.3 is 7.12 Å². The van der Waals surface area contributed by atoms with E-state index < -0.39 is 7.12 Å². The Kier molecular flexibility index (Phi) is 5.14. The first-order valence-electron chi connectivity index (χ1n) is 6.83. The molecular formula is C16H18BNO3. The molecule has 2 aromatic rings. The first-order chi connectivity index (χ1) is 10.1. The summed E-state index contributed by atoms with van der Waals surface area (Å²) >= 11 is 0. The maximum Gasteiger partial charge on any atom is 0.488 e. The quantitative estimate of drug-likeness (QED) is 0.793. The molecule has 2 N–H and O–H groups in total. The molecule has 0 saturated carbocycles. The highest BCUT2D eigenvalue weighted by atomic mass is 16.4.